The Bertz CT molecular complexity index is 695. The molecule has 0 bridgehead atoms. The molecular formula is C16H20Cl3NO10. The van der Waals surface area contributed by atoms with Crippen LogP contribution in [0.2, 0.25) is 0 Å². The van der Waals surface area contributed by atoms with Crippen LogP contribution < -0.4 is 0 Å². The number of alkyl halides is 3. The van der Waals surface area contributed by atoms with Gasteiger partial charge in [-0.05, 0) is 0 Å². The number of carbonyl (C=O) groups is 4. The smallest absolute Gasteiger partial charge is 0.303 e. The molecule has 1 rings (SSSR count). The van der Waals surface area contributed by atoms with E-state index in [1.54, 1.807) is 0 Å². The quantitative estimate of drug-likeness (QED) is 0.190. The van der Waals surface area contributed by atoms with Crippen molar-refractivity contribution in [2.24, 2.45) is 0 Å². The van der Waals surface area contributed by atoms with Crippen LogP contribution in [0.5, 0.6) is 0 Å². The lowest BCUT2D eigenvalue weighted by molar-refractivity contribution is -0.292. The summed E-state index contributed by atoms with van der Waals surface area (Å²) >= 11 is 16.8. The highest BCUT2D eigenvalue weighted by molar-refractivity contribution is 6.76. The number of halogens is 3. The monoisotopic (exact) mass is 491 g/mol. The first-order chi connectivity index (χ1) is 13.7. The van der Waals surface area contributed by atoms with Crippen LogP contribution in [0.25, 0.3) is 0 Å². The number of hydrogen-bond donors (Lipinski definition) is 1. The molecule has 2 unspecified atom stereocenters. The first-order valence-electron chi connectivity index (χ1n) is 8.35. The third-order valence-electron chi connectivity index (χ3n) is 3.44. The predicted molar refractivity (Wildman–Crippen MR) is 101 cm³/mol. The van der Waals surface area contributed by atoms with Gasteiger partial charge in [0.05, 0.1) is 0 Å². The van der Waals surface area contributed by atoms with Crippen LogP contribution in [-0.4, -0.2) is 70.9 Å². The van der Waals surface area contributed by atoms with E-state index in [1.165, 1.54) is 0 Å². The maximum atomic E-state index is 11.7. The van der Waals surface area contributed by atoms with Gasteiger partial charge < -0.3 is 28.4 Å². The number of carbonyl (C=O) groups excluding carboxylic acids is 4. The largest absolute Gasteiger partial charge is 0.463 e. The fraction of sp³-hybridized carbons (Fsp3) is 0.688. The Hall–Kier alpha value is -1.82. The van der Waals surface area contributed by atoms with Crippen LogP contribution in [0.4, 0.5) is 0 Å². The van der Waals surface area contributed by atoms with E-state index in [-0.39, 0.29) is 0 Å². The minimum Gasteiger partial charge on any atom is -0.463 e. The number of ether oxygens (including phenoxy) is 6. The molecule has 30 heavy (non-hydrogen) atoms. The highest BCUT2D eigenvalue weighted by Gasteiger charge is 2.54. The van der Waals surface area contributed by atoms with Crippen molar-refractivity contribution in [3.8, 4) is 0 Å². The summed E-state index contributed by atoms with van der Waals surface area (Å²) in [7, 11) is 0. The lowest BCUT2D eigenvalue weighted by atomic mass is 9.98. The summed E-state index contributed by atoms with van der Waals surface area (Å²) in [5.74, 6) is -4.03. The summed E-state index contributed by atoms with van der Waals surface area (Å²) in [4.78, 5) is 46.1. The van der Waals surface area contributed by atoms with Crippen molar-refractivity contribution in [3.05, 3.63) is 0 Å². The van der Waals surface area contributed by atoms with Gasteiger partial charge in [-0.25, -0.2) is 0 Å². The molecule has 170 valence electrons. The zero-order valence-corrected chi connectivity index (χ0v) is 18.6. The SMILES string of the molecule is CC(=O)OCC1O[C@H](OC(=N)C(Cl)(Cl)Cl)[C@H](OC(C)=O)C(OC(C)=O)[C@@H]1OC(C)=O. The van der Waals surface area contributed by atoms with Gasteiger partial charge in [-0.2, -0.15) is 0 Å². The van der Waals surface area contributed by atoms with E-state index in [0.29, 0.717) is 0 Å². The summed E-state index contributed by atoms with van der Waals surface area (Å²) in [6.45, 7) is 3.86. The molecule has 1 N–H and O–H groups in total. The van der Waals surface area contributed by atoms with Crippen molar-refractivity contribution in [3.63, 3.8) is 0 Å². The minimum absolute atomic E-state index is 0.460. The molecule has 0 aromatic rings. The van der Waals surface area contributed by atoms with E-state index in [9.17, 15) is 19.2 Å². The topological polar surface area (TPSA) is 148 Å². The van der Waals surface area contributed by atoms with Gasteiger partial charge in [-0.3, -0.25) is 24.6 Å². The van der Waals surface area contributed by atoms with E-state index in [1.807, 2.05) is 0 Å². The van der Waals surface area contributed by atoms with Crippen LogP contribution in [0.1, 0.15) is 27.7 Å². The Labute approximate surface area is 186 Å². The van der Waals surface area contributed by atoms with Gasteiger partial charge in [0.25, 0.3) is 3.79 Å². The van der Waals surface area contributed by atoms with E-state index >= 15 is 0 Å². The molecule has 0 saturated carbocycles. The number of nitrogens with one attached hydrogen (secondary N) is 1. The van der Waals surface area contributed by atoms with Crippen molar-refractivity contribution in [2.45, 2.75) is 62.2 Å². The number of rotatable bonds is 6. The van der Waals surface area contributed by atoms with Gasteiger partial charge in [0, 0.05) is 27.7 Å². The molecule has 1 heterocycles. The molecule has 5 atom stereocenters. The van der Waals surface area contributed by atoms with Crippen molar-refractivity contribution >= 4 is 64.6 Å². The van der Waals surface area contributed by atoms with Gasteiger partial charge in [-0.15, -0.1) is 0 Å². The van der Waals surface area contributed by atoms with Crippen LogP contribution in [0.3, 0.4) is 0 Å². The van der Waals surface area contributed by atoms with Crippen LogP contribution in [0, 0.1) is 5.41 Å². The first-order valence-corrected chi connectivity index (χ1v) is 9.48. The Morgan fingerprint density at radius 3 is 1.70 bits per heavy atom. The first kappa shape index (κ1) is 26.2. The molecule has 0 amide bonds. The molecule has 0 aromatic carbocycles. The molecule has 1 saturated heterocycles. The summed E-state index contributed by atoms with van der Waals surface area (Å²) in [5.41, 5.74) is 0. The van der Waals surface area contributed by atoms with Gasteiger partial charge in [-0.1, -0.05) is 34.8 Å². The number of hydrogen-bond acceptors (Lipinski definition) is 11. The highest BCUT2D eigenvalue weighted by atomic mass is 35.6. The highest BCUT2D eigenvalue weighted by Crippen LogP contribution is 2.33. The molecule has 11 nitrogen and oxygen atoms in total. The molecule has 1 aliphatic rings. The summed E-state index contributed by atoms with van der Waals surface area (Å²) in [5, 5.41) is 7.74. The standard InChI is InChI=1S/C16H20Cl3NO10/c1-6(21)25-5-10-11(26-7(2)22)12(27-8(3)23)13(28-9(4)24)14(29-10)30-15(20)16(17,18)19/h10-14,20H,5H2,1-4H3/t10?,11-,12?,13-,14-/m1/s1. The Morgan fingerprint density at radius 1 is 0.800 bits per heavy atom. The zero-order chi connectivity index (χ0) is 23.2. The second-order valence-corrected chi connectivity index (χ2v) is 8.29. The van der Waals surface area contributed by atoms with Crippen molar-refractivity contribution in [1.29, 1.82) is 5.41 Å². The van der Waals surface area contributed by atoms with E-state index in [2.05, 4.69) is 0 Å². The summed E-state index contributed by atoms with van der Waals surface area (Å²) in [6, 6.07) is 0. The Morgan fingerprint density at radius 2 is 1.27 bits per heavy atom. The molecule has 0 aliphatic carbocycles. The second kappa shape index (κ2) is 11.0. The lowest BCUT2D eigenvalue weighted by Crippen LogP contribution is -2.63. The van der Waals surface area contributed by atoms with Crippen molar-refractivity contribution < 1.29 is 47.6 Å². The second-order valence-electron chi connectivity index (χ2n) is 6.01. The lowest BCUT2D eigenvalue weighted by Gasteiger charge is -2.44. The summed E-state index contributed by atoms with van der Waals surface area (Å²) < 4.78 is 28.9. The van der Waals surface area contributed by atoms with Crippen molar-refractivity contribution in [2.75, 3.05) is 6.61 Å². The van der Waals surface area contributed by atoms with Crippen molar-refractivity contribution in [1.82, 2.24) is 0 Å². The fourth-order valence-electron chi connectivity index (χ4n) is 2.47. The Balaban J connectivity index is 3.37. The van der Waals surface area contributed by atoms with Gasteiger partial charge >= 0.3 is 23.9 Å². The molecular weight excluding hydrogens is 473 g/mol. The molecule has 14 heteroatoms. The molecule has 1 fully saturated rings. The average Bonchev–Trinajstić information content (AvgIpc) is 2.56. The minimum atomic E-state index is -2.29. The van der Waals surface area contributed by atoms with E-state index < -0.39 is 70.9 Å². The fourth-order valence-corrected chi connectivity index (χ4v) is 2.60. The Kier molecular flexibility index (Phi) is 9.60. The van der Waals surface area contributed by atoms with E-state index in [0.717, 1.165) is 27.7 Å². The summed E-state index contributed by atoms with van der Waals surface area (Å²) in [6.07, 6.45) is -7.25. The van der Waals surface area contributed by atoms with Crippen LogP contribution in [0.15, 0.2) is 0 Å². The van der Waals surface area contributed by atoms with Gasteiger partial charge in [0.2, 0.25) is 18.3 Å². The normalized spacial score (nSPS) is 26.2. The average molecular weight is 493 g/mol. The molecule has 0 aromatic heterocycles. The number of esters is 4. The molecule has 1 aliphatic heterocycles. The zero-order valence-electron chi connectivity index (χ0n) is 16.3. The molecule has 0 spiro atoms. The molecule has 0 radical (unpaired) electrons. The third-order valence-corrected chi connectivity index (χ3v) is 3.95. The van der Waals surface area contributed by atoms with Gasteiger partial charge in [0.1, 0.15) is 12.7 Å². The predicted octanol–water partition coefficient (Wildman–Crippen LogP) is 1.43. The maximum Gasteiger partial charge on any atom is 0.303 e. The van der Waals surface area contributed by atoms with Gasteiger partial charge in [0.15, 0.2) is 12.2 Å². The van der Waals surface area contributed by atoms with E-state index in [4.69, 9.17) is 68.6 Å². The third kappa shape index (κ3) is 8.13. The maximum absolute atomic E-state index is 11.7. The van der Waals surface area contributed by atoms with Crippen LogP contribution >= 0.6 is 34.8 Å². The van der Waals surface area contributed by atoms with Crippen LogP contribution in [-0.2, 0) is 47.6 Å².